The van der Waals surface area contributed by atoms with Gasteiger partial charge in [-0.1, -0.05) is 20.8 Å². The molecule has 1 saturated heterocycles. The molecular formula is C17H33NO7Si. The lowest BCUT2D eigenvalue weighted by Gasteiger charge is -2.45. The van der Waals surface area contributed by atoms with E-state index in [0.717, 1.165) is 0 Å². The van der Waals surface area contributed by atoms with Crippen LogP contribution in [0, 0.1) is 0 Å². The molecule has 8 nitrogen and oxygen atoms in total. The topological polar surface area (TPSA) is 103 Å². The normalized spacial score (nSPS) is 30.0. The monoisotopic (exact) mass is 391 g/mol. The number of hydrogen-bond donors (Lipinski definition) is 2. The van der Waals surface area contributed by atoms with Crippen molar-refractivity contribution in [2.24, 2.45) is 0 Å². The number of amides is 1. The predicted molar refractivity (Wildman–Crippen MR) is 98.0 cm³/mol. The van der Waals surface area contributed by atoms with E-state index in [1.807, 2.05) is 0 Å². The van der Waals surface area contributed by atoms with Crippen LogP contribution in [0.25, 0.3) is 0 Å². The first-order chi connectivity index (χ1) is 11.8. The number of aliphatic hydroxyl groups excluding tert-OH is 1. The first-order valence-electron chi connectivity index (χ1n) is 8.74. The Hall–Kier alpha value is -1.00. The maximum Gasteiger partial charge on any atom is 0.303 e. The fourth-order valence-corrected chi connectivity index (χ4v) is 3.50. The number of rotatable bonds is 6. The largest absolute Gasteiger partial charge is 0.457 e. The highest BCUT2D eigenvalue weighted by atomic mass is 28.4. The Balaban J connectivity index is 3.00. The van der Waals surface area contributed by atoms with Crippen molar-refractivity contribution < 1.29 is 33.3 Å². The van der Waals surface area contributed by atoms with Crippen molar-refractivity contribution in [2.75, 3.05) is 13.7 Å². The van der Waals surface area contributed by atoms with E-state index in [0.29, 0.717) is 0 Å². The lowest BCUT2D eigenvalue weighted by Crippen LogP contribution is -2.65. The number of esters is 1. The van der Waals surface area contributed by atoms with Gasteiger partial charge in [-0.2, -0.15) is 0 Å². The lowest BCUT2D eigenvalue weighted by atomic mass is 9.96. The maximum atomic E-state index is 11.5. The molecule has 1 aliphatic rings. The van der Waals surface area contributed by atoms with Gasteiger partial charge in [-0.15, -0.1) is 0 Å². The van der Waals surface area contributed by atoms with E-state index in [-0.39, 0.29) is 17.6 Å². The van der Waals surface area contributed by atoms with Crippen LogP contribution in [0.5, 0.6) is 0 Å². The van der Waals surface area contributed by atoms with Crippen LogP contribution in [-0.4, -0.2) is 69.7 Å². The van der Waals surface area contributed by atoms with E-state index in [1.165, 1.54) is 21.0 Å². The van der Waals surface area contributed by atoms with Crippen molar-refractivity contribution in [3.63, 3.8) is 0 Å². The molecule has 1 amide bonds. The molecule has 5 atom stereocenters. The fraction of sp³-hybridized carbons (Fsp3) is 0.882. The Kier molecular flexibility index (Phi) is 7.79. The first kappa shape index (κ1) is 23.0. The minimum absolute atomic E-state index is 0.00338. The van der Waals surface area contributed by atoms with Crippen LogP contribution in [0.3, 0.4) is 0 Å². The quantitative estimate of drug-likeness (QED) is 0.517. The number of ether oxygens (including phenoxy) is 3. The summed E-state index contributed by atoms with van der Waals surface area (Å²) in [6.07, 6.45) is -3.75. The fourth-order valence-electron chi connectivity index (χ4n) is 2.49. The summed E-state index contributed by atoms with van der Waals surface area (Å²) in [4.78, 5) is 22.9. The van der Waals surface area contributed by atoms with Crippen LogP contribution in [0.2, 0.25) is 18.1 Å². The molecule has 1 rings (SSSR count). The van der Waals surface area contributed by atoms with E-state index in [2.05, 4.69) is 39.2 Å². The van der Waals surface area contributed by atoms with E-state index in [1.54, 1.807) is 0 Å². The number of carbonyl (C=O) groups is 2. The van der Waals surface area contributed by atoms with Gasteiger partial charge in [-0.25, -0.2) is 0 Å². The van der Waals surface area contributed by atoms with Gasteiger partial charge < -0.3 is 29.1 Å². The van der Waals surface area contributed by atoms with E-state index in [4.69, 9.17) is 18.6 Å². The van der Waals surface area contributed by atoms with Gasteiger partial charge in [0.1, 0.15) is 18.2 Å². The standard InChI is InChI=1S/C17H33NO7Si/c1-10(19)18-13-14(21)15(24-11(2)20)12(25-16(13)22-6)9-23-26(7,8)17(3,4)5/h12-16,21H,9H2,1-8H3,(H,18,19)/t12-,13-,14-,15-,16-/m1/s1. The van der Waals surface area contributed by atoms with Crippen LogP contribution in [0.15, 0.2) is 0 Å². The third kappa shape index (κ3) is 5.75. The van der Waals surface area contributed by atoms with Crippen molar-refractivity contribution in [3.05, 3.63) is 0 Å². The molecule has 0 spiro atoms. The Morgan fingerprint density at radius 1 is 1.23 bits per heavy atom. The number of methoxy groups -OCH3 is 1. The summed E-state index contributed by atoms with van der Waals surface area (Å²) in [6, 6.07) is -0.856. The number of carbonyl (C=O) groups excluding carboxylic acids is 2. The van der Waals surface area contributed by atoms with E-state index >= 15 is 0 Å². The van der Waals surface area contributed by atoms with Crippen LogP contribution in [0.4, 0.5) is 0 Å². The molecule has 2 N–H and O–H groups in total. The average Bonchev–Trinajstić information content (AvgIpc) is 2.48. The van der Waals surface area contributed by atoms with Gasteiger partial charge in [0.05, 0.1) is 6.61 Å². The number of hydrogen-bond acceptors (Lipinski definition) is 7. The molecule has 1 heterocycles. The molecule has 0 aromatic heterocycles. The van der Waals surface area contributed by atoms with Crippen molar-refractivity contribution in [2.45, 2.75) is 83.4 Å². The van der Waals surface area contributed by atoms with Gasteiger partial charge in [0.15, 0.2) is 20.7 Å². The SMILES string of the molecule is CO[C@@H]1O[C@H](CO[Si](C)(C)C(C)(C)C)[C@@H](OC(C)=O)[C@H](O)[C@H]1NC(C)=O. The number of nitrogens with one attached hydrogen (secondary N) is 1. The minimum Gasteiger partial charge on any atom is -0.457 e. The van der Waals surface area contributed by atoms with Gasteiger partial charge in [-0.3, -0.25) is 9.59 Å². The summed E-state index contributed by atoms with van der Waals surface area (Å²) in [7, 11) is -0.648. The van der Waals surface area contributed by atoms with Gasteiger partial charge in [0.2, 0.25) is 5.91 Å². The van der Waals surface area contributed by atoms with Crippen LogP contribution < -0.4 is 5.32 Å². The van der Waals surface area contributed by atoms with Gasteiger partial charge in [0.25, 0.3) is 0 Å². The molecule has 0 aliphatic carbocycles. The second-order valence-electron chi connectivity index (χ2n) is 8.14. The van der Waals surface area contributed by atoms with Crippen LogP contribution >= 0.6 is 0 Å². The highest BCUT2D eigenvalue weighted by Crippen LogP contribution is 2.37. The van der Waals surface area contributed by atoms with Gasteiger partial charge in [-0.05, 0) is 18.1 Å². The van der Waals surface area contributed by atoms with Crippen molar-refractivity contribution in [1.82, 2.24) is 5.32 Å². The molecule has 1 aliphatic heterocycles. The zero-order valence-electron chi connectivity index (χ0n) is 17.0. The maximum absolute atomic E-state index is 11.5. The van der Waals surface area contributed by atoms with Crippen molar-refractivity contribution >= 4 is 20.2 Å². The summed E-state index contributed by atoms with van der Waals surface area (Å²) in [5, 5.41) is 13.3. The first-order valence-corrected chi connectivity index (χ1v) is 11.7. The Labute approximate surface area is 156 Å². The highest BCUT2D eigenvalue weighted by molar-refractivity contribution is 6.74. The summed E-state index contributed by atoms with van der Waals surface area (Å²) in [6.45, 7) is 13.3. The smallest absolute Gasteiger partial charge is 0.303 e. The highest BCUT2D eigenvalue weighted by Gasteiger charge is 2.49. The third-order valence-corrected chi connectivity index (χ3v) is 9.49. The second-order valence-corrected chi connectivity index (χ2v) is 13.0. The third-order valence-electron chi connectivity index (χ3n) is 4.99. The molecule has 0 aromatic carbocycles. The lowest BCUT2D eigenvalue weighted by molar-refractivity contribution is -0.266. The van der Waals surface area contributed by atoms with Gasteiger partial charge >= 0.3 is 5.97 Å². The Morgan fingerprint density at radius 2 is 1.81 bits per heavy atom. The molecule has 0 saturated carbocycles. The van der Waals surface area contributed by atoms with Crippen molar-refractivity contribution in [1.29, 1.82) is 0 Å². The molecule has 9 heteroatoms. The zero-order valence-corrected chi connectivity index (χ0v) is 18.0. The second kappa shape index (κ2) is 8.79. The Bertz CT molecular complexity index is 506. The molecule has 152 valence electrons. The van der Waals surface area contributed by atoms with Crippen LogP contribution in [-0.2, 0) is 28.2 Å². The average molecular weight is 392 g/mol. The molecular weight excluding hydrogens is 358 g/mol. The van der Waals surface area contributed by atoms with E-state index < -0.39 is 44.9 Å². The summed E-state index contributed by atoms with van der Waals surface area (Å²) < 4.78 is 22.6. The summed E-state index contributed by atoms with van der Waals surface area (Å²) >= 11 is 0. The molecule has 0 unspecified atom stereocenters. The zero-order chi connectivity index (χ0) is 20.3. The molecule has 0 bridgehead atoms. The molecule has 0 aromatic rings. The molecule has 0 radical (unpaired) electrons. The van der Waals surface area contributed by atoms with Crippen LogP contribution in [0.1, 0.15) is 34.6 Å². The minimum atomic E-state index is -2.07. The summed E-state index contributed by atoms with van der Waals surface area (Å²) in [5.41, 5.74) is 0. The summed E-state index contributed by atoms with van der Waals surface area (Å²) in [5.74, 6) is -0.898. The number of aliphatic hydroxyl groups is 1. The molecule has 1 fully saturated rings. The molecule has 26 heavy (non-hydrogen) atoms. The Morgan fingerprint density at radius 3 is 2.23 bits per heavy atom. The van der Waals surface area contributed by atoms with E-state index in [9.17, 15) is 14.7 Å². The van der Waals surface area contributed by atoms with Crippen molar-refractivity contribution in [3.8, 4) is 0 Å². The van der Waals surface area contributed by atoms with Gasteiger partial charge in [0, 0.05) is 21.0 Å². The predicted octanol–water partition coefficient (Wildman–Crippen LogP) is 1.18.